The Hall–Kier alpha value is -2.77. The first-order valence-corrected chi connectivity index (χ1v) is 9.43. The lowest BCUT2D eigenvalue weighted by molar-refractivity contribution is 0.103. The van der Waals surface area contributed by atoms with Gasteiger partial charge in [0.25, 0.3) is 11.5 Å². The second kappa shape index (κ2) is 6.86. The summed E-state index contributed by atoms with van der Waals surface area (Å²) in [5.41, 5.74) is 2.38. The lowest BCUT2D eigenvalue weighted by Gasteiger charge is -2.11. The maximum Gasteiger partial charge on any atom is 0.275 e. The zero-order chi connectivity index (χ0) is 18.1. The van der Waals surface area contributed by atoms with Crippen molar-refractivity contribution in [3.05, 3.63) is 79.7 Å². The molecule has 0 saturated carbocycles. The van der Waals surface area contributed by atoms with E-state index in [1.54, 1.807) is 24.3 Å². The molecule has 0 unspecified atom stereocenters. The van der Waals surface area contributed by atoms with Crippen LogP contribution in [0.15, 0.2) is 69.2 Å². The van der Waals surface area contributed by atoms with Crippen molar-refractivity contribution in [1.29, 1.82) is 0 Å². The monoisotopic (exact) mass is 425 g/mol. The number of nitrogens with one attached hydrogen (secondary N) is 2. The molecule has 0 bridgehead atoms. The topological polar surface area (TPSA) is 74.8 Å². The first-order valence-electron chi connectivity index (χ1n) is 7.75. The summed E-state index contributed by atoms with van der Waals surface area (Å²) in [5.74, 6) is -0.225. The molecule has 0 spiro atoms. The lowest BCUT2D eigenvalue weighted by Crippen LogP contribution is -2.15. The Morgan fingerprint density at radius 1 is 1.12 bits per heavy atom. The Bertz CT molecular complexity index is 1170. The van der Waals surface area contributed by atoms with Crippen LogP contribution in [0, 0.1) is 0 Å². The molecule has 7 heteroatoms. The van der Waals surface area contributed by atoms with E-state index in [4.69, 9.17) is 0 Å². The SMILES string of the molecule is O=C(Nc1cc(Br)ccc1-c1nc2ccccc2[nH]c1=O)c1cccs1. The van der Waals surface area contributed by atoms with Gasteiger partial charge in [0.1, 0.15) is 5.69 Å². The van der Waals surface area contributed by atoms with Crippen LogP contribution in [0.25, 0.3) is 22.3 Å². The van der Waals surface area contributed by atoms with E-state index in [-0.39, 0.29) is 17.2 Å². The fourth-order valence-corrected chi connectivity index (χ4v) is 3.61. The molecule has 0 aliphatic carbocycles. The highest BCUT2D eigenvalue weighted by Gasteiger charge is 2.15. The molecule has 2 heterocycles. The lowest BCUT2D eigenvalue weighted by atomic mass is 10.1. The molecule has 5 nitrogen and oxygen atoms in total. The number of anilines is 1. The first-order chi connectivity index (χ1) is 12.6. The molecule has 0 radical (unpaired) electrons. The average molecular weight is 426 g/mol. The highest BCUT2D eigenvalue weighted by Crippen LogP contribution is 2.29. The number of benzene rings is 2. The van der Waals surface area contributed by atoms with E-state index in [1.807, 2.05) is 35.7 Å². The summed E-state index contributed by atoms with van der Waals surface area (Å²) >= 11 is 4.76. The average Bonchev–Trinajstić information content (AvgIpc) is 3.16. The number of H-pyrrole nitrogens is 1. The van der Waals surface area contributed by atoms with Crippen LogP contribution >= 0.6 is 27.3 Å². The highest BCUT2D eigenvalue weighted by atomic mass is 79.9. The van der Waals surface area contributed by atoms with E-state index in [2.05, 4.69) is 31.2 Å². The molecule has 2 aromatic heterocycles. The number of aromatic nitrogens is 2. The Morgan fingerprint density at radius 2 is 1.96 bits per heavy atom. The molecule has 4 aromatic rings. The Morgan fingerprint density at radius 3 is 2.77 bits per heavy atom. The molecule has 0 atom stereocenters. The summed E-state index contributed by atoms with van der Waals surface area (Å²) in [6, 6.07) is 16.2. The summed E-state index contributed by atoms with van der Waals surface area (Å²) in [7, 11) is 0. The maximum atomic E-state index is 12.5. The van der Waals surface area contributed by atoms with Crippen LogP contribution in [-0.4, -0.2) is 15.9 Å². The molecular weight excluding hydrogens is 414 g/mol. The number of fused-ring (bicyclic) bond motifs is 1. The number of aromatic amines is 1. The van der Waals surface area contributed by atoms with Crippen molar-refractivity contribution < 1.29 is 4.79 Å². The number of para-hydroxylation sites is 2. The van der Waals surface area contributed by atoms with Gasteiger partial charge in [-0.3, -0.25) is 9.59 Å². The summed E-state index contributed by atoms with van der Waals surface area (Å²) in [6.07, 6.45) is 0. The molecule has 4 rings (SSSR count). The zero-order valence-corrected chi connectivity index (χ0v) is 15.7. The van der Waals surface area contributed by atoms with E-state index >= 15 is 0 Å². The molecule has 26 heavy (non-hydrogen) atoms. The minimum absolute atomic E-state index is 0.225. The van der Waals surface area contributed by atoms with Gasteiger partial charge < -0.3 is 10.3 Å². The van der Waals surface area contributed by atoms with Crippen LogP contribution in [0.2, 0.25) is 0 Å². The normalized spacial score (nSPS) is 10.8. The Balaban J connectivity index is 1.83. The number of thiophene rings is 1. The molecule has 2 aromatic carbocycles. The van der Waals surface area contributed by atoms with Crippen LogP contribution in [0.4, 0.5) is 5.69 Å². The molecule has 2 N–H and O–H groups in total. The number of nitrogens with zero attached hydrogens (tertiary/aromatic N) is 1. The molecule has 128 valence electrons. The van der Waals surface area contributed by atoms with E-state index in [0.717, 1.165) is 4.47 Å². The van der Waals surface area contributed by atoms with E-state index in [1.165, 1.54) is 11.3 Å². The fourth-order valence-electron chi connectivity index (χ4n) is 2.63. The van der Waals surface area contributed by atoms with Crippen LogP contribution in [0.5, 0.6) is 0 Å². The smallest absolute Gasteiger partial charge is 0.275 e. The number of hydrogen-bond donors (Lipinski definition) is 2. The third-order valence-corrected chi connectivity index (χ3v) is 5.19. The number of carbonyl (C=O) groups is 1. The minimum Gasteiger partial charge on any atom is -0.321 e. The Labute approximate surface area is 160 Å². The number of amides is 1. The van der Waals surface area contributed by atoms with Crippen molar-refractivity contribution in [1.82, 2.24) is 9.97 Å². The van der Waals surface area contributed by atoms with Gasteiger partial charge in [-0.05, 0) is 41.8 Å². The Kier molecular flexibility index (Phi) is 4.40. The van der Waals surface area contributed by atoms with Crippen molar-refractivity contribution in [3.63, 3.8) is 0 Å². The van der Waals surface area contributed by atoms with E-state index in [9.17, 15) is 9.59 Å². The number of halogens is 1. The van der Waals surface area contributed by atoms with Gasteiger partial charge in [-0.2, -0.15) is 0 Å². The molecule has 0 fully saturated rings. The standard InChI is InChI=1S/C19H12BrN3O2S/c20-11-7-8-12(15(10-11)23-18(24)16-6-3-9-26-16)17-19(25)22-14-5-2-1-4-13(14)21-17/h1-10H,(H,22,25)(H,23,24). The molecule has 0 aliphatic heterocycles. The quantitative estimate of drug-likeness (QED) is 0.500. The van der Waals surface area contributed by atoms with Gasteiger partial charge >= 0.3 is 0 Å². The predicted octanol–water partition coefficient (Wildman–Crippen LogP) is 4.67. The summed E-state index contributed by atoms with van der Waals surface area (Å²) in [5, 5.41) is 4.72. The number of hydrogen-bond acceptors (Lipinski definition) is 4. The largest absolute Gasteiger partial charge is 0.321 e. The summed E-state index contributed by atoms with van der Waals surface area (Å²) in [6.45, 7) is 0. The maximum absolute atomic E-state index is 12.5. The van der Waals surface area contributed by atoms with Gasteiger partial charge in [0.05, 0.1) is 21.6 Å². The van der Waals surface area contributed by atoms with E-state index in [0.29, 0.717) is 27.2 Å². The first kappa shape index (κ1) is 16.7. The van der Waals surface area contributed by atoms with Crippen molar-refractivity contribution in [2.75, 3.05) is 5.32 Å². The number of rotatable bonds is 3. The van der Waals surface area contributed by atoms with Gasteiger partial charge in [-0.25, -0.2) is 4.98 Å². The second-order valence-electron chi connectivity index (χ2n) is 5.55. The predicted molar refractivity (Wildman–Crippen MR) is 108 cm³/mol. The van der Waals surface area contributed by atoms with Crippen molar-refractivity contribution in [3.8, 4) is 11.3 Å². The van der Waals surface area contributed by atoms with Crippen molar-refractivity contribution in [2.24, 2.45) is 0 Å². The van der Waals surface area contributed by atoms with Crippen molar-refractivity contribution in [2.45, 2.75) is 0 Å². The summed E-state index contributed by atoms with van der Waals surface area (Å²) < 4.78 is 0.792. The van der Waals surface area contributed by atoms with Gasteiger partial charge in [-0.1, -0.05) is 34.1 Å². The third kappa shape index (κ3) is 3.18. The van der Waals surface area contributed by atoms with Crippen molar-refractivity contribution >= 4 is 49.9 Å². The van der Waals surface area contributed by atoms with Gasteiger partial charge in [0, 0.05) is 10.0 Å². The molecule has 0 aliphatic rings. The second-order valence-corrected chi connectivity index (χ2v) is 7.42. The van der Waals surface area contributed by atoms with Crippen LogP contribution < -0.4 is 10.9 Å². The third-order valence-electron chi connectivity index (χ3n) is 3.83. The summed E-state index contributed by atoms with van der Waals surface area (Å²) in [4.78, 5) is 32.9. The van der Waals surface area contributed by atoms with Crippen LogP contribution in [-0.2, 0) is 0 Å². The highest BCUT2D eigenvalue weighted by molar-refractivity contribution is 9.10. The zero-order valence-electron chi connectivity index (χ0n) is 13.3. The van der Waals surface area contributed by atoms with Gasteiger partial charge in [0.15, 0.2) is 0 Å². The van der Waals surface area contributed by atoms with Crippen LogP contribution in [0.1, 0.15) is 9.67 Å². The van der Waals surface area contributed by atoms with Gasteiger partial charge in [-0.15, -0.1) is 11.3 Å². The van der Waals surface area contributed by atoms with Crippen LogP contribution in [0.3, 0.4) is 0 Å². The number of carbonyl (C=O) groups excluding carboxylic acids is 1. The fraction of sp³-hybridized carbons (Fsp3) is 0. The minimum atomic E-state index is -0.308. The van der Waals surface area contributed by atoms with Gasteiger partial charge in [0.2, 0.25) is 0 Å². The molecule has 1 amide bonds. The van der Waals surface area contributed by atoms with E-state index < -0.39 is 0 Å². The molecule has 0 saturated heterocycles. The molecular formula is C19H12BrN3O2S.